The number of amides is 1. The molecule has 100 valence electrons. The molecule has 18 heavy (non-hydrogen) atoms. The molecule has 1 aliphatic rings. The maximum absolute atomic E-state index is 11.1. The minimum Gasteiger partial charge on any atom is -0.326 e. The Kier molecular flexibility index (Phi) is 5.63. The Balaban J connectivity index is 0.00000162. The zero-order chi connectivity index (χ0) is 12.3. The van der Waals surface area contributed by atoms with Gasteiger partial charge in [-0.3, -0.25) is 4.79 Å². The van der Waals surface area contributed by atoms with E-state index in [-0.39, 0.29) is 18.3 Å². The monoisotopic (exact) mass is 268 g/mol. The molecule has 0 aromatic heterocycles. The van der Waals surface area contributed by atoms with Crippen LogP contribution in [0.3, 0.4) is 0 Å². The third-order valence-corrected chi connectivity index (χ3v) is 3.29. The highest BCUT2D eigenvalue weighted by Crippen LogP contribution is 2.28. The summed E-state index contributed by atoms with van der Waals surface area (Å²) in [6.07, 6.45) is 3.26. The third kappa shape index (κ3) is 3.47. The van der Waals surface area contributed by atoms with Crippen LogP contribution in [-0.2, 0) is 17.6 Å². The van der Waals surface area contributed by atoms with Crippen LogP contribution in [-0.4, -0.2) is 18.5 Å². The van der Waals surface area contributed by atoms with E-state index in [1.165, 1.54) is 11.1 Å². The molecular formula is C14H21ClN2O. The molecular weight excluding hydrogens is 248 g/mol. The van der Waals surface area contributed by atoms with E-state index >= 15 is 0 Å². The standard InChI is InChI=1S/C14H20N2O.ClH/c1-3-15-12-7-8-13-11(9-12)5-4-6-14(13)16-10(2)17;/h4-6,12,15H,3,7-9H2,1-2H3,(H,16,17);1H. The first-order valence-electron chi connectivity index (χ1n) is 6.32. The average Bonchev–Trinajstić information content (AvgIpc) is 2.29. The fourth-order valence-electron chi connectivity index (χ4n) is 2.58. The van der Waals surface area contributed by atoms with Crippen molar-refractivity contribution >= 4 is 24.0 Å². The van der Waals surface area contributed by atoms with Crippen molar-refractivity contribution in [1.29, 1.82) is 0 Å². The molecule has 1 aromatic rings. The van der Waals surface area contributed by atoms with Crippen molar-refractivity contribution in [2.24, 2.45) is 0 Å². The van der Waals surface area contributed by atoms with Gasteiger partial charge in [0.2, 0.25) is 5.91 Å². The molecule has 1 aromatic carbocycles. The number of carbonyl (C=O) groups excluding carboxylic acids is 1. The summed E-state index contributed by atoms with van der Waals surface area (Å²) < 4.78 is 0. The number of rotatable bonds is 3. The van der Waals surface area contributed by atoms with Gasteiger partial charge in [0.1, 0.15) is 0 Å². The third-order valence-electron chi connectivity index (χ3n) is 3.29. The number of likely N-dealkylation sites (N-methyl/N-ethyl adjacent to an activating group) is 1. The summed E-state index contributed by atoms with van der Waals surface area (Å²) in [6, 6.07) is 6.77. The fraction of sp³-hybridized carbons (Fsp3) is 0.500. The largest absolute Gasteiger partial charge is 0.326 e. The smallest absolute Gasteiger partial charge is 0.221 e. The molecule has 0 heterocycles. The zero-order valence-electron chi connectivity index (χ0n) is 11.0. The lowest BCUT2D eigenvalue weighted by Crippen LogP contribution is -2.34. The Morgan fingerprint density at radius 2 is 2.22 bits per heavy atom. The van der Waals surface area contributed by atoms with Crippen LogP contribution < -0.4 is 10.6 Å². The number of fused-ring (bicyclic) bond motifs is 1. The normalized spacial score (nSPS) is 17.6. The minimum atomic E-state index is 0. The summed E-state index contributed by atoms with van der Waals surface area (Å²) in [5.41, 5.74) is 3.68. The second kappa shape index (κ2) is 6.76. The van der Waals surface area contributed by atoms with Crippen molar-refractivity contribution < 1.29 is 4.79 Å². The van der Waals surface area contributed by atoms with Gasteiger partial charge in [0.05, 0.1) is 0 Å². The Hall–Kier alpha value is -1.06. The number of hydrogen-bond donors (Lipinski definition) is 2. The molecule has 1 unspecified atom stereocenters. The maximum atomic E-state index is 11.1. The molecule has 0 saturated heterocycles. The Labute approximate surface area is 115 Å². The molecule has 1 aliphatic carbocycles. The fourth-order valence-corrected chi connectivity index (χ4v) is 2.58. The number of carbonyl (C=O) groups is 1. The van der Waals surface area contributed by atoms with Crippen molar-refractivity contribution in [3.63, 3.8) is 0 Å². The first kappa shape index (κ1) is 15.0. The number of hydrogen-bond acceptors (Lipinski definition) is 2. The van der Waals surface area contributed by atoms with Crippen LogP contribution in [0.4, 0.5) is 5.69 Å². The Morgan fingerprint density at radius 1 is 1.44 bits per heavy atom. The molecule has 3 nitrogen and oxygen atoms in total. The van der Waals surface area contributed by atoms with Crippen LogP contribution in [0, 0.1) is 0 Å². The predicted octanol–water partition coefficient (Wildman–Crippen LogP) is 2.53. The highest BCUT2D eigenvalue weighted by atomic mass is 35.5. The Bertz CT molecular complexity index is 420. The highest BCUT2D eigenvalue weighted by Gasteiger charge is 2.19. The lowest BCUT2D eigenvalue weighted by molar-refractivity contribution is -0.114. The highest BCUT2D eigenvalue weighted by molar-refractivity contribution is 5.89. The van der Waals surface area contributed by atoms with Gasteiger partial charge in [-0.05, 0) is 43.0 Å². The quantitative estimate of drug-likeness (QED) is 0.885. The molecule has 1 atom stereocenters. The first-order chi connectivity index (χ1) is 8.20. The summed E-state index contributed by atoms with van der Waals surface area (Å²) in [5, 5.41) is 6.42. The average molecular weight is 269 g/mol. The van der Waals surface area contributed by atoms with E-state index in [4.69, 9.17) is 0 Å². The summed E-state index contributed by atoms with van der Waals surface area (Å²) in [4.78, 5) is 11.1. The topological polar surface area (TPSA) is 41.1 Å². The predicted molar refractivity (Wildman–Crippen MR) is 77.5 cm³/mol. The van der Waals surface area contributed by atoms with E-state index < -0.39 is 0 Å². The van der Waals surface area contributed by atoms with Crippen LogP contribution in [0.2, 0.25) is 0 Å². The zero-order valence-corrected chi connectivity index (χ0v) is 11.8. The molecule has 4 heteroatoms. The molecule has 0 spiro atoms. The second-order valence-electron chi connectivity index (χ2n) is 4.62. The molecule has 2 rings (SSSR count). The second-order valence-corrected chi connectivity index (χ2v) is 4.62. The van der Waals surface area contributed by atoms with Crippen LogP contribution in [0.5, 0.6) is 0 Å². The van der Waals surface area contributed by atoms with E-state index in [2.05, 4.69) is 23.6 Å². The van der Waals surface area contributed by atoms with Crippen molar-refractivity contribution in [1.82, 2.24) is 5.32 Å². The molecule has 0 aliphatic heterocycles. The van der Waals surface area contributed by atoms with Crippen LogP contribution in [0.25, 0.3) is 0 Å². The number of halogens is 1. The van der Waals surface area contributed by atoms with Gasteiger partial charge >= 0.3 is 0 Å². The summed E-state index contributed by atoms with van der Waals surface area (Å²) in [7, 11) is 0. The van der Waals surface area contributed by atoms with E-state index in [0.29, 0.717) is 6.04 Å². The molecule has 0 bridgehead atoms. The molecule has 0 fully saturated rings. The lowest BCUT2D eigenvalue weighted by Gasteiger charge is -2.26. The van der Waals surface area contributed by atoms with Gasteiger partial charge in [0, 0.05) is 18.7 Å². The lowest BCUT2D eigenvalue weighted by atomic mass is 9.87. The summed E-state index contributed by atoms with van der Waals surface area (Å²) in [6.45, 7) is 4.72. The minimum absolute atomic E-state index is 0. The van der Waals surface area contributed by atoms with Crippen LogP contribution in [0.1, 0.15) is 31.4 Å². The van der Waals surface area contributed by atoms with E-state index in [9.17, 15) is 4.79 Å². The van der Waals surface area contributed by atoms with Crippen molar-refractivity contribution in [3.8, 4) is 0 Å². The van der Waals surface area contributed by atoms with Crippen LogP contribution in [0.15, 0.2) is 18.2 Å². The number of benzene rings is 1. The molecule has 0 radical (unpaired) electrons. The molecule has 1 amide bonds. The summed E-state index contributed by atoms with van der Waals surface area (Å²) in [5.74, 6) is 0.00667. The van der Waals surface area contributed by atoms with Gasteiger partial charge in [-0.2, -0.15) is 0 Å². The van der Waals surface area contributed by atoms with Gasteiger partial charge in [-0.25, -0.2) is 0 Å². The molecule has 2 N–H and O–H groups in total. The molecule has 0 saturated carbocycles. The van der Waals surface area contributed by atoms with Gasteiger partial charge in [-0.15, -0.1) is 12.4 Å². The van der Waals surface area contributed by atoms with Crippen molar-refractivity contribution in [3.05, 3.63) is 29.3 Å². The number of nitrogens with one attached hydrogen (secondary N) is 2. The van der Waals surface area contributed by atoms with Gasteiger partial charge in [0.15, 0.2) is 0 Å². The first-order valence-corrected chi connectivity index (χ1v) is 6.32. The maximum Gasteiger partial charge on any atom is 0.221 e. The van der Waals surface area contributed by atoms with E-state index in [0.717, 1.165) is 31.5 Å². The summed E-state index contributed by atoms with van der Waals surface area (Å²) >= 11 is 0. The van der Waals surface area contributed by atoms with Crippen LogP contribution >= 0.6 is 12.4 Å². The van der Waals surface area contributed by atoms with Gasteiger partial charge < -0.3 is 10.6 Å². The van der Waals surface area contributed by atoms with Crippen molar-refractivity contribution in [2.45, 2.75) is 39.2 Å². The Morgan fingerprint density at radius 3 is 2.89 bits per heavy atom. The SMILES string of the molecule is CCNC1CCc2c(cccc2NC(C)=O)C1.Cl. The van der Waals surface area contributed by atoms with Crippen molar-refractivity contribution in [2.75, 3.05) is 11.9 Å². The van der Waals surface area contributed by atoms with E-state index in [1.54, 1.807) is 6.92 Å². The van der Waals surface area contributed by atoms with Gasteiger partial charge in [-0.1, -0.05) is 19.1 Å². The van der Waals surface area contributed by atoms with Gasteiger partial charge in [0.25, 0.3) is 0 Å². The van der Waals surface area contributed by atoms with E-state index in [1.807, 2.05) is 12.1 Å². The number of anilines is 1.